The first kappa shape index (κ1) is 28.4. The summed E-state index contributed by atoms with van der Waals surface area (Å²) in [5.41, 5.74) is 9.80. The molecule has 0 amide bonds. The molecule has 2 heteroatoms. The zero-order valence-corrected chi connectivity index (χ0v) is 27.3. The summed E-state index contributed by atoms with van der Waals surface area (Å²) in [4.78, 5) is 2.37. The molecule has 0 saturated carbocycles. The van der Waals surface area contributed by atoms with Gasteiger partial charge < -0.3 is 9.32 Å². The lowest BCUT2D eigenvalue weighted by Gasteiger charge is -2.27. The highest BCUT2D eigenvalue weighted by molar-refractivity contribution is 6.12. The molecule has 234 valence electrons. The van der Waals surface area contributed by atoms with Crippen LogP contribution in [0.4, 0.5) is 17.1 Å². The van der Waals surface area contributed by atoms with E-state index < -0.39 is 0 Å². The zero-order valence-electron chi connectivity index (χ0n) is 27.3. The second-order valence-corrected chi connectivity index (χ2v) is 12.9. The third kappa shape index (κ3) is 4.57. The van der Waals surface area contributed by atoms with Gasteiger partial charge in [-0.15, -0.1) is 0 Å². The van der Waals surface area contributed by atoms with Crippen molar-refractivity contribution in [2.45, 2.75) is 0 Å². The second kappa shape index (κ2) is 11.5. The van der Waals surface area contributed by atoms with E-state index in [9.17, 15) is 0 Å². The number of rotatable bonds is 5. The fourth-order valence-electron chi connectivity index (χ4n) is 7.68. The summed E-state index contributed by atoms with van der Waals surface area (Å²) in [6.45, 7) is 0. The van der Waals surface area contributed by atoms with E-state index in [0.717, 1.165) is 50.1 Å². The molecule has 0 radical (unpaired) electrons. The third-order valence-electron chi connectivity index (χ3n) is 10.1. The predicted molar refractivity (Wildman–Crippen MR) is 212 cm³/mol. The highest BCUT2D eigenvalue weighted by Gasteiger charge is 2.17. The van der Waals surface area contributed by atoms with Crippen LogP contribution < -0.4 is 4.90 Å². The molecular weight excluding hydrogens is 607 g/mol. The van der Waals surface area contributed by atoms with Gasteiger partial charge in [0.05, 0.1) is 5.69 Å². The van der Waals surface area contributed by atoms with Crippen LogP contribution in [0.3, 0.4) is 0 Å². The second-order valence-electron chi connectivity index (χ2n) is 12.9. The fourth-order valence-corrected chi connectivity index (χ4v) is 7.68. The van der Waals surface area contributed by atoms with Crippen LogP contribution in [-0.2, 0) is 0 Å². The maximum Gasteiger partial charge on any atom is 0.143 e. The minimum atomic E-state index is 0.911. The molecule has 0 aliphatic rings. The van der Waals surface area contributed by atoms with Crippen LogP contribution in [0.1, 0.15) is 0 Å². The zero-order chi connectivity index (χ0) is 33.0. The third-order valence-corrected chi connectivity index (χ3v) is 10.1. The first-order valence-electron chi connectivity index (χ1n) is 17.1. The van der Waals surface area contributed by atoms with Gasteiger partial charge in [0, 0.05) is 33.1 Å². The Bertz CT molecular complexity index is 2860. The number of nitrogens with zero attached hydrogens (tertiary/aromatic N) is 1. The minimum absolute atomic E-state index is 0.911. The molecule has 0 atom stereocenters. The average molecular weight is 638 g/mol. The first-order valence-corrected chi connectivity index (χ1v) is 17.1. The molecule has 0 fully saturated rings. The van der Waals surface area contributed by atoms with Crippen molar-refractivity contribution < 1.29 is 4.42 Å². The lowest BCUT2D eigenvalue weighted by atomic mass is 9.94. The highest BCUT2D eigenvalue weighted by Crippen LogP contribution is 2.42. The SMILES string of the molecule is c1ccc2c(N(c3ccc(-c4cccc5c4ccc4ccccc45)cc3)c3ccc(-c4cccc5c4oc4ccccc45)cc3)cccc2c1. The summed E-state index contributed by atoms with van der Waals surface area (Å²) in [5.74, 6) is 0. The first-order chi connectivity index (χ1) is 24.8. The Hall–Kier alpha value is -6.64. The van der Waals surface area contributed by atoms with Crippen LogP contribution in [0.5, 0.6) is 0 Å². The Morgan fingerprint density at radius 1 is 0.320 bits per heavy atom. The molecule has 0 saturated heterocycles. The van der Waals surface area contributed by atoms with Crippen LogP contribution in [-0.4, -0.2) is 0 Å². The van der Waals surface area contributed by atoms with Gasteiger partial charge in [-0.25, -0.2) is 0 Å². The molecule has 0 spiro atoms. The fraction of sp³-hybridized carbons (Fsp3) is 0. The van der Waals surface area contributed by atoms with E-state index in [-0.39, 0.29) is 0 Å². The van der Waals surface area contributed by atoms with Crippen LogP contribution in [0.2, 0.25) is 0 Å². The highest BCUT2D eigenvalue weighted by atomic mass is 16.3. The van der Waals surface area contributed by atoms with E-state index in [1.165, 1.54) is 43.4 Å². The van der Waals surface area contributed by atoms with E-state index in [4.69, 9.17) is 4.42 Å². The average Bonchev–Trinajstić information content (AvgIpc) is 3.57. The van der Waals surface area contributed by atoms with Gasteiger partial charge in [-0.3, -0.25) is 0 Å². The van der Waals surface area contributed by atoms with E-state index in [2.05, 4.69) is 181 Å². The number of anilines is 3. The largest absolute Gasteiger partial charge is 0.455 e. The van der Waals surface area contributed by atoms with Crippen molar-refractivity contribution in [1.29, 1.82) is 0 Å². The van der Waals surface area contributed by atoms with Crippen molar-refractivity contribution in [2.75, 3.05) is 4.90 Å². The summed E-state index contributed by atoms with van der Waals surface area (Å²) in [6, 6.07) is 67.5. The van der Waals surface area contributed by atoms with E-state index in [1.807, 2.05) is 12.1 Å². The van der Waals surface area contributed by atoms with Crippen molar-refractivity contribution in [1.82, 2.24) is 0 Å². The minimum Gasteiger partial charge on any atom is -0.455 e. The Morgan fingerprint density at radius 3 is 1.62 bits per heavy atom. The lowest BCUT2D eigenvalue weighted by Crippen LogP contribution is -2.10. The number of furan rings is 1. The maximum absolute atomic E-state index is 6.39. The quantitative estimate of drug-likeness (QED) is 0.175. The van der Waals surface area contributed by atoms with Crippen LogP contribution >= 0.6 is 0 Å². The molecule has 10 rings (SSSR count). The van der Waals surface area contributed by atoms with Crippen LogP contribution in [0.25, 0.3) is 76.5 Å². The number of hydrogen-bond donors (Lipinski definition) is 0. The van der Waals surface area contributed by atoms with E-state index >= 15 is 0 Å². The maximum atomic E-state index is 6.39. The summed E-state index contributed by atoms with van der Waals surface area (Å²) >= 11 is 0. The predicted octanol–water partition coefficient (Wildman–Crippen LogP) is 13.8. The van der Waals surface area contributed by atoms with Gasteiger partial charge in [-0.2, -0.15) is 0 Å². The summed E-state index contributed by atoms with van der Waals surface area (Å²) in [6.07, 6.45) is 0. The molecule has 0 unspecified atom stereocenters. The topological polar surface area (TPSA) is 16.4 Å². The molecule has 9 aromatic carbocycles. The van der Waals surface area contributed by atoms with Gasteiger partial charge in [0.1, 0.15) is 11.2 Å². The number of hydrogen-bond acceptors (Lipinski definition) is 2. The van der Waals surface area contributed by atoms with Gasteiger partial charge in [-0.05, 0) is 80.0 Å². The number of benzene rings is 9. The smallest absolute Gasteiger partial charge is 0.143 e. The van der Waals surface area contributed by atoms with Crippen molar-refractivity contribution in [3.63, 3.8) is 0 Å². The molecule has 2 nitrogen and oxygen atoms in total. The van der Waals surface area contributed by atoms with Crippen LogP contribution in [0.15, 0.2) is 192 Å². The lowest BCUT2D eigenvalue weighted by molar-refractivity contribution is 0.670. The molecule has 1 heterocycles. The van der Waals surface area contributed by atoms with Gasteiger partial charge >= 0.3 is 0 Å². The molecule has 0 aliphatic heterocycles. The molecule has 10 aromatic rings. The molecular formula is C48H31NO. The van der Waals surface area contributed by atoms with Gasteiger partial charge in [0.25, 0.3) is 0 Å². The van der Waals surface area contributed by atoms with Gasteiger partial charge in [0.2, 0.25) is 0 Å². The Balaban J connectivity index is 1.09. The van der Waals surface area contributed by atoms with Gasteiger partial charge in [-0.1, -0.05) is 152 Å². The molecule has 50 heavy (non-hydrogen) atoms. The van der Waals surface area contributed by atoms with E-state index in [0.29, 0.717) is 0 Å². The molecule has 1 aromatic heterocycles. The Morgan fingerprint density at radius 2 is 0.860 bits per heavy atom. The molecule has 0 N–H and O–H groups in total. The Labute approximate surface area is 290 Å². The van der Waals surface area contributed by atoms with E-state index in [1.54, 1.807) is 0 Å². The number of fused-ring (bicyclic) bond motifs is 7. The van der Waals surface area contributed by atoms with Crippen molar-refractivity contribution in [3.8, 4) is 22.3 Å². The summed E-state index contributed by atoms with van der Waals surface area (Å²) in [5, 5.41) is 9.78. The standard InChI is InChI=1S/C48H31NO/c1-3-13-38-33(11-1)26-31-43-39(16-8-18-42(38)43)34-22-27-36(28-23-34)49(46-20-7-12-32-10-2-4-14-40(32)46)37-29-24-35(25-30-37)41-17-9-19-45-44-15-5-6-21-47(44)50-48(41)45/h1-31H. The number of para-hydroxylation sites is 2. The molecule has 0 bridgehead atoms. The summed E-state index contributed by atoms with van der Waals surface area (Å²) < 4.78 is 6.39. The molecule has 0 aliphatic carbocycles. The monoisotopic (exact) mass is 637 g/mol. The van der Waals surface area contributed by atoms with Crippen molar-refractivity contribution in [2.24, 2.45) is 0 Å². The Kier molecular flexibility index (Phi) is 6.53. The summed E-state index contributed by atoms with van der Waals surface area (Å²) in [7, 11) is 0. The van der Waals surface area contributed by atoms with Gasteiger partial charge in [0.15, 0.2) is 0 Å². The van der Waals surface area contributed by atoms with Crippen molar-refractivity contribution >= 4 is 71.3 Å². The normalized spacial score (nSPS) is 11.6. The van der Waals surface area contributed by atoms with Crippen LogP contribution in [0, 0.1) is 0 Å². The van der Waals surface area contributed by atoms with Crippen molar-refractivity contribution in [3.05, 3.63) is 188 Å².